The van der Waals surface area contributed by atoms with E-state index in [1.807, 2.05) is 79.7 Å². The zero-order valence-electron chi connectivity index (χ0n) is 14.6. The summed E-state index contributed by atoms with van der Waals surface area (Å²) in [6, 6.07) is 23.5. The number of hydrogen-bond acceptors (Lipinski definition) is 3. The predicted molar refractivity (Wildman–Crippen MR) is 99.7 cm³/mol. The van der Waals surface area contributed by atoms with Gasteiger partial charge in [0.05, 0.1) is 18.7 Å². The van der Waals surface area contributed by atoms with Crippen molar-refractivity contribution in [1.29, 1.82) is 0 Å². The third kappa shape index (κ3) is 3.42. The van der Waals surface area contributed by atoms with Crippen LogP contribution >= 0.6 is 0 Å². The Morgan fingerprint density at radius 3 is 2.20 bits per heavy atom. The number of pyridine rings is 1. The fourth-order valence-corrected chi connectivity index (χ4v) is 3.34. The maximum absolute atomic E-state index is 11.7. The van der Waals surface area contributed by atoms with Crippen LogP contribution in [0, 0.1) is 0 Å². The minimum atomic E-state index is -1.07. The number of aromatic nitrogens is 1. The Morgan fingerprint density at radius 1 is 0.960 bits per heavy atom. The summed E-state index contributed by atoms with van der Waals surface area (Å²) in [6.45, 7) is 2.00. The number of methoxy groups -OCH3 is 1. The van der Waals surface area contributed by atoms with Gasteiger partial charge < -0.3 is 9.84 Å². The minimum Gasteiger partial charge on any atom is -0.497 e. The van der Waals surface area contributed by atoms with E-state index in [2.05, 4.69) is 4.98 Å². The SMILES string of the molecule is CCC(O)(c1ccc(OC)cc1)C(c1ccccc1)c1ccccn1. The largest absolute Gasteiger partial charge is 0.497 e. The molecule has 0 saturated carbocycles. The van der Waals surface area contributed by atoms with E-state index in [-0.39, 0.29) is 5.92 Å². The Hall–Kier alpha value is -2.65. The molecule has 0 saturated heterocycles. The quantitative estimate of drug-likeness (QED) is 0.721. The van der Waals surface area contributed by atoms with E-state index < -0.39 is 5.60 Å². The number of aliphatic hydroxyl groups is 1. The highest BCUT2D eigenvalue weighted by Crippen LogP contribution is 2.43. The maximum atomic E-state index is 11.7. The Bertz CT molecular complexity index is 748. The molecular formula is C22H23NO2. The van der Waals surface area contributed by atoms with E-state index in [9.17, 15) is 5.11 Å². The molecule has 1 heterocycles. The number of ether oxygens (including phenoxy) is 1. The van der Waals surface area contributed by atoms with E-state index in [1.54, 1.807) is 13.3 Å². The van der Waals surface area contributed by atoms with Crippen molar-refractivity contribution in [3.8, 4) is 5.75 Å². The van der Waals surface area contributed by atoms with Gasteiger partial charge in [-0.3, -0.25) is 4.98 Å². The Kier molecular flexibility index (Phi) is 5.15. The van der Waals surface area contributed by atoms with Crippen molar-refractivity contribution in [2.45, 2.75) is 24.9 Å². The molecule has 0 aliphatic carbocycles. The fourth-order valence-electron chi connectivity index (χ4n) is 3.34. The zero-order valence-corrected chi connectivity index (χ0v) is 14.6. The van der Waals surface area contributed by atoms with Gasteiger partial charge >= 0.3 is 0 Å². The lowest BCUT2D eigenvalue weighted by Gasteiger charge is -2.36. The van der Waals surface area contributed by atoms with Gasteiger partial charge in [-0.2, -0.15) is 0 Å². The molecule has 1 N–H and O–H groups in total. The molecule has 0 aliphatic rings. The molecule has 2 atom stereocenters. The van der Waals surface area contributed by atoms with Crippen LogP contribution in [-0.4, -0.2) is 17.2 Å². The van der Waals surface area contributed by atoms with Gasteiger partial charge in [0.2, 0.25) is 0 Å². The molecule has 2 unspecified atom stereocenters. The predicted octanol–water partition coefficient (Wildman–Crippen LogP) is 4.52. The van der Waals surface area contributed by atoms with E-state index >= 15 is 0 Å². The van der Waals surface area contributed by atoms with E-state index in [0.29, 0.717) is 6.42 Å². The molecule has 0 radical (unpaired) electrons. The van der Waals surface area contributed by atoms with Crippen LogP contribution in [0.5, 0.6) is 5.75 Å². The van der Waals surface area contributed by atoms with Crippen molar-refractivity contribution >= 4 is 0 Å². The third-order valence-electron chi connectivity index (χ3n) is 4.72. The molecule has 3 nitrogen and oxygen atoms in total. The molecule has 128 valence electrons. The van der Waals surface area contributed by atoms with Gasteiger partial charge in [-0.25, -0.2) is 0 Å². The monoisotopic (exact) mass is 333 g/mol. The Balaban J connectivity index is 2.14. The van der Waals surface area contributed by atoms with Gasteiger partial charge in [0, 0.05) is 6.20 Å². The molecule has 3 rings (SSSR count). The Morgan fingerprint density at radius 2 is 1.64 bits per heavy atom. The zero-order chi connectivity index (χ0) is 17.7. The first-order valence-electron chi connectivity index (χ1n) is 8.52. The average Bonchev–Trinajstić information content (AvgIpc) is 2.69. The van der Waals surface area contributed by atoms with Gasteiger partial charge in [0.25, 0.3) is 0 Å². The number of hydrogen-bond donors (Lipinski definition) is 1. The van der Waals surface area contributed by atoms with Crippen LogP contribution in [0.1, 0.15) is 36.1 Å². The highest BCUT2D eigenvalue weighted by Gasteiger charge is 2.39. The highest BCUT2D eigenvalue weighted by atomic mass is 16.5. The van der Waals surface area contributed by atoms with Crippen molar-refractivity contribution in [3.05, 3.63) is 95.8 Å². The van der Waals surface area contributed by atoms with E-state index in [0.717, 1.165) is 22.6 Å². The maximum Gasteiger partial charge on any atom is 0.118 e. The van der Waals surface area contributed by atoms with Crippen LogP contribution in [-0.2, 0) is 5.60 Å². The van der Waals surface area contributed by atoms with Crippen LogP contribution in [0.15, 0.2) is 79.0 Å². The minimum absolute atomic E-state index is 0.256. The van der Waals surface area contributed by atoms with Crippen LogP contribution in [0.4, 0.5) is 0 Å². The molecule has 0 aliphatic heterocycles. The number of rotatable bonds is 6. The molecule has 1 aromatic heterocycles. The van der Waals surface area contributed by atoms with Gasteiger partial charge in [0.15, 0.2) is 0 Å². The van der Waals surface area contributed by atoms with Crippen LogP contribution in [0.3, 0.4) is 0 Å². The second kappa shape index (κ2) is 7.49. The van der Waals surface area contributed by atoms with Crippen LogP contribution in [0.2, 0.25) is 0 Å². The lowest BCUT2D eigenvalue weighted by atomic mass is 9.74. The summed E-state index contributed by atoms with van der Waals surface area (Å²) < 4.78 is 5.25. The third-order valence-corrected chi connectivity index (χ3v) is 4.72. The van der Waals surface area contributed by atoms with E-state index in [1.165, 1.54) is 0 Å². The first-order valence-corrected chi connectivity index (χ1v) is 8.52. The first kappa shape index (κ1) is 17.2. The molecule has 3 heteroatoms. The van der Waals surface area contributed by atoms with Crippen molar-refractivity contribution < 1.29 is 9.84 Å². The second-order valence-corrected chi connectivity index (χ2v) is 6.10. The lowest BCUT2D eigenvalue weighted by molar-refractivity contribution is 0.0139. The molecule has 0 amide bonds. The van der Waals surface area contributed by atoms with E-state index in [4.69, 9.17) is 4.74 Å². The van der Waals surface area contributed by atoms with Crippen molar-refractivity contribution in [2.75, 3.05) is 7.11 Å². The number of nitrogens with zero attached hydrogens (tertiary/aromatic N) is 1. The molecule has 2 aromatic carbocycles. The fraction of sp³-hybridized carbons (Fsp3) is 0.227. The highest BCUT2D eigenvalue weighted by molar-refractivity contribution is 5.39. The van der Waals surface area contributed by atoms with Crippen molar-refractivity contribution in [2.24, 2.45) is 0 Å². The smallest absolute Gasteiger partial charge is 0.118 e. The molecular weight excluding hydrogens is 310 g/mol. The number of benzene rings is 2. The lowest BCUT2D eigenvalue weighted by Crippen LogP contribution is -2.34. The second-order valence-electron chi connectivity index (χ2n) is 6.10. The molecule has 0 fully saturated rings. The Labute approximate surface area is 148 Å². The normalized spacial score (nSPS) is 14.5. The van der Waals surface area contributed by atoms with Crippen molar-refractivity contribution in [3.63, 3.8) is 0 Å². The van der Waals surface area contributed by atoms with Gasteiger partial charge in [0.1, 0.15) is 11.4 Å². The summed E-state index contributed by atoms with van der Waals surface area (Å²) in [4.78, 5) is 4.54. The summed E-state index contributed by atoms with van der Waals surface area (Å²) in [5, 5.41) is 11.7. The first-order chi connectivity index (χ1) is 12.2. The van der Waals surface area contributed by atoms with Crippen molar-refractivity contribution in [1.82, 2.24) is 4.98 Å². The van der Waals surface area contributed by atoms with Gasteiger partial charge in [-0.15, -0.1) is 0 Å². The van der Waals surface area contributed by atoms with Gasteiger partial charge in [-0.05, 0) is 41.8 Å². The standard InChI is InChI=1S/C22H23NO2/c1-3-22(24,18-12-14-19(25-2)15-13-18)21(17-9-5-4-6-10-17)20-11-7-8-16-23-20/h4-16,21,24H,3H2,1-2H3. The molecule has 3 aromatic rings. The summed E-state index contributed by atoms with van der Waals surface area (Å²) in [7, 11) is 1.64. The average molecular weight is 333 g/mol. The topological polar surface area (TPSA) is 42.4 Å². The van der Waals surface area contributed by atoms with Crippen LogP contribution < -0.4 is 4.74 Å². The summed E-state index contributed by atoms with van der Waals surface area (Å²) in [6.07, 6.45) is 2.34. The van der Waals surface area contributed by atoms with Crippen LogP contribution in [0.25, 0.3) is 0 Å². The molecule has 0 spiro atoms. The summed E-state index contributed by atoms with van der Waals surface area (Å²) in [5.74, 6) is 0.518. The summed E-state index contributed by atoms with van der Waals surface area (Å²) in [5.41, 5.74) is 1.69. The molecule has 0 bridgehead atoms. The molecule has 25 heavy (non-hydrogen) atoms. The summed E-state index contributed by atoms with van der Waals surface area (Å²) >= 11 is 0. The van der Waals surface area contributed by atoms with Gasteiger partial charge in [-0.1, -0.05) is 55.5 Å².